The molecule has 3 aromatic heterocycles. The average Bonchev–Trinajstić information content (AvgIpc) is 3.49. The van der Waals surface area contributed by atoms with E-state index in [1.807, 2.05) is 22.8 Å². The minimum Gasteiger partial charge on any atom is -0.477 e. The number of carbonyl (C=O) groups is 1. The predicted molar refractivity (Wildman–Crippen MR) is 147 cm³/mol. The van der Waals surface area contributed by atoms with Crippen LogP contribution in [-0.4, -0.2) is 38.3 Å². The number of nitrogens with zero attached hydrogens (tertiary/aromatic N) is 4. The summed E-state index contributed by atoms with van der Waals surface area (Å²) >= 11 is 1.11. The topological polar surface area (TPSA) is 110 Å². The molecule has 2 aromatic carbocycles. The van der Waals surface area contributed by atoms with Gasteiger partial charge in [-0.1, -0.05) is 30.3 Å². The van der Waals surface area contributed by atoms with Crippen LogP contribution in [0.1, 0.15) is 38.6 Å². The van der Waals surface area contributed by atoms with Gasteiger partial charge < -0.3 is 19.1 Å². The second kappa shape index (κ2) is 10.9. The first-order chi connectivity index (χ1) is 19.5. The molecule has 1 unspecified atom stereocenters. The van der Waals surface area contributed by atoms with E-state index < -0.39 is 5.97 Å². The van der Waals surface area contributed by atoms with E-state index in [-0.39, 0.29) is 23.2 Å². The molecule has 0 radical (unpaired) electrons. The number of hydrogen-bond acceptors (Lipinski definition) is 7. The van der Waals surface area contributed by atoms with Gasteiger partial charge in [0.15, 0.2) is 0 Å². The highest BCUT2D eigenvalue weighted by molar-refractivity contribution is 7.20. The Labute approximate surface area is 232 Å². The van der Waals surface area contributed by atoms with E-state index in [0.717, 1.165) is 28.8 Å². The number of imidazole rings is 1. The molecule has 0 saturated carbocycles. The Kier molecular flexibility index (Phi) is 6.99. The quantitative estimate of drug-likeness (QED) is 0.244. The summed E-state index contributed by atoms with van der Waals surface area (Å²) in [5.41, 5.74) is 3.88. The van der Waals surface area contributed by atoms with Crippen molar-refractivity contribution in [2.75, 3.05) is 6.61 Å². The maximum absolute atomic E-state index is 15.4. The normalized spacial score (nSPS) is 14.6. The van der Waals surface area contributed by atoms with Gasteiger partial charge in [0.05, 0.1) is 35.5 Å². The Bertz CT molecular complexity index is 1750. The second-order valence-corrected chi connectivity index (χ2v) is 10.5. The number of carboxylic acids is 1. The molecule has 0 bridgehead atoms. The third-order valence-corrected chi connectivity index (χ3v) is 7.81. The third-order valence-electron chi connectivity index (χ3n) is 6.81. The molecule has 10 heteroatoms. The summed E-state index contributed by atoms with van der Waals surface area (Å²) in [4.78, 5) is 21.5. The van der Waals surface area contributed by atoms with Crippen LogP contribution in [-0.2, 0) is 24.3 Å². The molecule has 40 heavy (non-hydrogen) atoms. The summed E-state index contributed by atoms with van der Waals surface area (Å²) in [6.07, 6.45) is 1.21. The summed E-state index contributed by atoms with van der Waals surface area (Å²) in [7, 11) is 0. The number of pyridine rings is 1. The molecule has 1 N–H and O–H groups in total. The minimum absolute atomic E-state index is 0.0361. The van der Waals surface area contributed by atoms with Gasteiger partial charge in [-0.05, 0) is 47.9 Å². The first-order valence-electron chi connectivity index (χ1n) is 12.7. The van der Waals surface area contributed by atoms with Gasteiger partial charge in [0.2, 0.25) is 5.88 Å². The summed E-state index contributed by atoms with van der Waals surface area (Å²) < 4.78 is 28.7. The Balaban J connectivity index is 1.21. The zero-order valence-corrected chi connectivity index (χ0v) is 22.0. The van der Waals surface area contributed by atoms with Crippen molar-refractivity contribution in [2.45, 2.75) is 32.1 Å². The van der Waals surface area contributed by atoms with Crippen molar-refractivity contribution in [1.29, 1.82) is 5.26 Å². The fraction of sp³-hybridized carbons (Fsp3) is 0.200. The molecule has 5 aromatic rings. The summed E-state index contributed by atoms with van der Waals surface area (Å²) in [5, 5.41) is 18.3. The van der Waals surface area contributed by atoms with E-state index in [4.69, 9.17) is 14.7 Å². The van der Waals surface area contributed by atoms with Crippen LogP contribution >= 0.6 is 11.3 Å². The highest BCUT2D eigenvalue weighted by Crippen LogP contribution is 2.30. The molecule has 1 atom stereocenters. The Morgan fingerprint density at radius 3 is 2.70 bits per heavy atom. The van der Waals surface area contributed by atoms with Gasteiger partial charge in [-0.3, -0.25) is 0 Å². The fourth-order valence-electron chi connectivity index (χ4n) is 4.55. The van der Waals surface area contributed by atoms with Crippen LogP contribution in [0.25, 0.3) is 21.6 Å². The molecule has 1 fully saturated rings. The number of fused-ring (bicyclic) bond motifs is 1. The number of rotatable bonds is 9. The van der Waals surface area contributed by atoms with Gasteiger partial charge in [-0.25, -0.2) is 19.2 Å². The summed E-state index contributed by atoms with van der Waals surface area (Å²) in [6, 6.07) is 21.2. The number of thiophene rings is 1. The highest BCUT2D eigenvalue weighted by Gasteiger charge is 2.24. The first kappa shape index (κ1) is 25.7. The zero-order valence-electron chi connectivity index (χ0n) is 21.2. The number of carboxylic acid groups (broad SMARTS) is 1. The Hall–Kier alpha value is -4.59. The molecular formula is C30H23FN4O4S. The van der Waals surface area contributed by atoms with Gasteiger partial charge in [-0.2, -0.15) is 5.26 Å². The minimum atomic E-state index is -0.991. The van der Waals surface area contributed by atoms with E-state index >= 15 is 4.39 Å². The van der Waals surface area contributed by atoms with E-state index in [9.17, 15) is 9.90 Å². The van der Waals surface area contributed by atoms with Crippen molar-refractivity contribution in [3.63, 3.8) is 0 Å². The molecule has 0 amide bonds. The van der Waals surface area contributed by atoms with Crippen molar-refractivity contribution in [3.05, 3.63) is 99.9 Å². The number of aromatic nitrogens is 3. The molecule has 1 aliphatic heterocycles. The van der Waals surface area contributed by atoms with E-state index in [1.54, 1.807) is 42.5 Å². The number of benzene rings is 2. The molecule has 1 saturated heterocycles. The molecule has 6 rings (SSSR count). The average molecular weight is 555 g/mol. The van der Waals surface area contributed by atoms with Crippen molar-refractivity contribution in [2.24, 2.45) is 0 Å². The molecule has 1 aliphatic rings. The molecule has 0 aliphatic carbocycles. The standard InChI is InChI=1S/C30H23FN4O4S/c31-23-12-21(24-2-1-3-28(33-24)39-17-19-6-4-18(15-32)5-7-19)9-8-20(23)13-27-34-29-25(14-26(40-29)30(36)37)35(27)16-22-10-11-38-22/h1-9,12,14,22H,10-11,13,16-17H2,(H,36,37). The largest absolute Gasteiger partial charge is 0.477 e. The van der Waals surface area contributed by atoms with Crippen molar-refractivity contribution < 1.29 is 23.8 Å². The molecule has 8 nitrogen and oxygen atoms in total. The van der Waals surface area contributed by atoms with E-state index in [0.29, 0.717) is 58.7 Å². The van der Waals surface area contributed by atoms with Gasteiger partial charge in [0.25, 0.3) is 0 Å². The third kappa shape index (κ3) is 5.30. The van der Waals surface area contributed by atoms with Crippen molar-refractivity contribution in [1.82, 2.24) is 14.5 Å². The van der Waals surface area contributed by atoms with Crippen molar-refractivity contribution >= 4 is 27.7 Å². The van der Waals surface area contributed by atoms with Gasteiger partial charge in [0, 0.05) is 24.7 Å². The molecule has 4 heterocycles. The van der Waals surface area contributed by atoms with Crippen LogP contribution in [0.15, 0.2) is 66.7 Å². The monoisotopic (exact) mass is 554 g/mol. The van der Waals surface area contributed by atoms with Crippen LogP contribution in [0.5, 0.6) is 5.88 Å². The van der Waals surface area contributed by atoms with Crippen LogP contribution < -0.4 is 4.74 Å². The van der Waals surface area contributed by atoms with Crippen LogP contribution in [0.4, 0.5) is 4.39 Å². The fourth-order valence-corrected chi connectivity index (χ4v) is 5.44. The maximum Gasteiger partial charge on any atom is 0.346 e. The number of aromatic carboxylic acids is 1. The molecular weight excluding hydrogens is 531 g/mol. The predicted octanol–water partition coefficient (Wildman–Crippen LogP) is 5.83. The Morgan fingerprint density at radius 1 is 1.18 bits per heavy atom. The van der Waals surface area contributed by atoms with Crippen LogP contribution in [0, 0.1) is 17.1 Å². The smallest absolute Gasteiger partial charge is 0.346 e. The molecule has 0 spiro atoms. The summed E-state index contributed by atoms with van der Waals surface area (Å²) in [5.74, 6) is -0.300. The SMILES string of the molecule is N#Cc1ccc(COc2cccc(-c3ccc(Cc4nc5sc(C(=O)O)cc5n4CC4CCO4)c(F)c3)n2)cc1. The summed E-state index contributed by atoms with van der Waals surface area (Å²) in [6.45, 7) is 1.54. The number of nitriles is 1. The lowest BCUT2D eigenvalue weighted by atomic mass is 10.1. The van der Waals surface area contributed by atoms with E-state index in [1.165, 1.54) is 6.07 Å². The van der Waals surface area contributed by atoms with Crippen LogP contribution in [0.2, 0.25) is 0 Å². The maximum atomic E-state index is 15.4. The number of ether oxygens (including phenoxy) is 2. The van der Waals surface area contributed by atoms with Crippen LogP contribution in [0.3, 0.4) is 0 Å². The van der Waals surface area contributed by atoms with E-state index in [2.05, 4.69) is 16.0 Å². The Morgan fingerprint density at radius 2 is 2.00 bits per heavy atom. The highest BCUT2D eigenvalue weighted by atomic mass is 32.1. The van der Waals surface area contributed by atoms with Gasteiger partial charge in [0.1, 0.15) is 28.0 Å². The lowest BCUT2D eigenvalue weighted by Gasteiger charge is -2.27. The number of halogens is 1. The number of hydrogen-bond donors (Lipinski definition) is 1. The zero-order chi connectivity index (χ0) is 27.6. The van der Waals surface area contributed by atoms with Gasteiger partial charge >= 0.3 is 5.97 Å². The first-order valence-corrected chi connectivity index (χ1v) is 13.5. The lowest BCUT2D eigenvalue weighted by Crippen LogP contribution is -2.31. The molecule has 200 valence electrons. The van der Waals surface area contributed by atoms with Crippen molar-refractivity contribution in [3.8, 4) is 23.2 Å². The second-order valence-electron chi connectivity index (χ2n) is 9.47. The van der Waals surface area contributed by atoms with Gasteiger partial charge in [-0.15, -0.1) is 11.3 Å². The lowest BCUT2D eigenvalue weighted by molar-refractivity contribution is -0.0589.